The minimum Gasteiger partial charge on any atom is -0.366 e. The number of rotatable bonds is 5. The van der Waals surface area contributed by atoms with E-state index in [9.17, 15) is 9.59 Å². The summed E-state index contributed by atoms with van der Waals surface area (Å²) in [4.78, 5) is 23.1. The van der Waals surface area contributed by atoms with E-state index in [0.717, 1.165) is 5.56 Å². The summed E-state index contributed by atoms with van der Waals surface area (Å²) in [5.41, 5.74) is 7.14. The van der Waals surface area contributed by atoms with Crippen LogP contribution in [0.4, 0.5) is 0 Å². The molecule has 2 amide bonds. The SMILES string of the molecule is Cn1cc(Cl)cc1C(=O)NCCc1cccc(C(N)=O)c1. The molecule has 0 bridgehead atoms. The van der Waals surface area contributed by atoms with Crippen LogP contribution in [0.25, 0.3) is 0 Å². The van der Waals surface area contributed by atoms with Gasteiger partial charge in [-0.25, -0.2) is 0 Å². The summed E-state index contributed by atoms with van der Waals surface area (Å²) in [5, 5.41) is 3.34. The first-order valence-corrected chi connectivity index (χ1v) is 6.84. The summed E-state index contributed by atoms with van der Waals surface area (Å²) in [6.45, 7) is 0.462. The number of nitrogens with two attached hydrogens (primary N) is 1. The highest BCUT2D eigenvalue weighted by molar-refractivity contribution is 6.31. The Morgan fingerprint density at radius 2 is 2.10 bits per heavy atom. The molecule has 1 aromatic carbocycles. The van der Waals surface area contributed by atoms with E-state index in [1.54, 1.807) is 42.1 Å². The molecule has 0 unspecified atom stereocenters. The monoisotopic (exact) mass is 305 g/mol. The molecule has 0 aliphatic rings. The third-order valence-corrected chi connectivity index (χ3v) is 3.32. The molecule has 1 heterocycles. The Bertz CT molecular complexity index is 679. The second kappa shape index (κ2) is 6.45. The van der Waals surface area contributed by atoms with Gasteiger partial charge in [0.25, 0.3) is 5.91 Å². The first-order valence-electron chi connectivity index (χ1n) is 6.46. The normalized spacial score (nSPS) is 10.4. The third kappa shape index (κ3) is 3.86. The van der Waals surface area contributed by atoms with E-state index in [1.165, 1.54) is 0 Å². The molecule has 6 heteroatoms. The molecule has 0 aliphatic carbocycles. The summed E-state index contributed by atoms with van der Waals surface area (Å²) in [5.74, 6) is -0.644. The molecule has 2 aromatic rings. The van der Waals surface area contributed by atoms with Crippen LogP contribution in [0.1, 0.15) is 26.4 Å². The predicted molar refractivity (Wildman–Crippen MR) is 81.4 cm³/mol. The summed E-state index contributed by atoms with van der Waals surface area (Å²) in [7, 11) is 1.76. The number of aryl methyl sites for hydroxylation is 1. The number of hydrogen-bond donors (Lipinski definition) is 2. The van der Waals surface area contributed by atoms with Crippen LogP contribution in [0.3, 0.4) is 0 Å². The van der Waals surface area contributed by atoms with Gasteiger partial charge in [-0.05, 0) is 30.2 Å². The van der Waals surface area contributed by atoms with Crippen molar-refractivity contribution in [1.29, 1.82) is 0 Å². The Kier molecular flexibility index (Phi) is 4.65. The van der Waals surface area contributed by atoms with Gasteiger partial charge in [-0.15, -0.1) is 0 Å². The van der Waals surface area contributed by atoms with Crippen LogP contribution in [0, 0.1) is 0 Å². The van der Waals surface area contributed by atoms with Crippen LogP contribution >= 0.6 is 11.6 Å². The number of amides is 2. The Morgan fingerprint density at radius 1 is 1.33 bits per heavy atom. The van der Waals surface area contributed by atoms with E-state index in [0.29, 0.717) is 29.2 Å². The number of halogens is 1. The smallest absolute Gasteiger partial charge is 0.267 e. The number of primary amides is 1. The first kappa shape index (κ1) is 15.1. The molecule has 110 valence electrons. The second-order valence-electron chi connectivity index (χ2n) is 4.72. The average Bonchev–Trinajstić information content (AvgIpc) is 2.78. The molecule has 0 saturated carbocycles. The lowest BCUT2D eigenvalue weighted by Gasteiger charge is -2.07. The molecule has 1 aromatic heterocycles. The lowest BCUT2D eigenvalue weighted by atomic mass is 10.1. The summed E-state index contributed by atoms with van der Waals surface area (Å²) in [6, 6.07) is 8.67. The fourth-order valence-corrected chi connectivity index (χ4v) is 2.29. The van der Waals surface area contributed by atoms with E-state index in [4.69, 9.17) is 17.3 Å². The third-order valence-electron chi connectivity index (χ3n) is 3.11. The van der Waals surface area contributed by atoms with Gasteiger partial charge >= 0.3 is 0 Å². The quantitative estimate of drug-likeness (QED) is 0.883. The number of nitrogens with zero attached hydrogens (tertiary/aromatic N) is 1. The highest BCUT2D eigenvalue weighted by atomic mass is 35.5. The lowest BCUT2D eigenvalue weighted by Crippen LogP contribution is -2.27. The summed E-state index contributed by atoms with van der Waals surface area (Å²) >= 11 is 5.84. The van der Waals surface area contributed by atoms with E-state index in [2.05, 4.69) is 5.32 Å². The van der Waals surface area contributed by atoms with Crippen molar-refractivity contribution >= 4 is 23.4 Å². The first-order chi connectivity index (χ1) is 9.97. The van der Waals surface area contributed by atoms with Gasteiger partial charge < -0.3 is 15.6 Å². The number of aromatic nitrogens is 1. The average molecular weight is 306 g/mol. The van der Waals surface area contributed by atoms with Gasteiger partial charge in [0.1, 0.15) is 5.69 Å². The fraction of sp³-hybridized carbons (Fsp3) is 0.200. The van der Waals surface area contributed by atoms with Crippen LogP contribution in [0.5, 0.6) is 0 Å². The van der Waals surface area contributed by atoms with Crippen LogP contribution in [-0.4, -0.2) is 22.9 Å². The predicted octanol–water partition coefficient (Wildman–Crippen LogP) is 1.75. The van der Waals surface area contributed by atoms with Crippen LogP contribution in [-0.2, 0) is 13.5 Å². The highest BCUT2D eigenvalue weighted by Gasteiger charge is 2.10. The van der Waals surface area contributed by atoms with E-state index >= 15 is 0 Å². The molecule has 0 fully saturated rings. The molecule has 2 rings (SSSR count). The zero-order valence-corrected chi connectivity index (χ0v) is 12.4. The van der Waals surface area contributed by atoms with Crippen LogP contribution < -0.4 is 11.1 Å². The van der Waals surface area contributed by atoms with Gasteiger partial charge in [0.05, 0.1) is 5.02 Å². The van der Waals surface area contributed by atoms with Crippen LogP contribution in [0.2, 0.25) is 5.02 Å². The van der Waals surface area contributed by atoms with Crippen LogP contribution in [0.15, 0.2) is 36.5 Å². The van der Waals surface area contributed by atoms with E-state index < -0.39 is 5.91 Å². The number of carbonyl (C=O) groups is 2. The minimum atomic E-state index is -0.459. The number of nitrogens with one attached hydrogen (secondary N) is 1. The maximum absolute atomic E-state index is 12.0. The molecule has 0 spiro atoms. The zero-order valence-electron chi connectivity index (χ0n) is 11.6. The molecule has 5 nitrogen and oxygen atoms in total. The van der Waals surface area contributed by atoms with Crippen molar-refractivity contribution in [3.05, 3.63) is 58.4 Å². The molecule has 0 saturated heterocycles. The summed E-state index contributed by atoms with van der Waals surface area (Å²) < 4.78 is 1.67. The Hall–Kier alpha value is -2.27. The molecule has 0 aliphatic heterocycles. The van der Waals surface area contributed by atoms with Crippen molar-refractivity contribution < 1.29 is 9.59 Å². The van der Waals surface area contributed by atoms with Gasteiger partial charge in [0.15, 0.2) is 0 Å². The molecular weight excluding hydrogens is 290 g/mol. The Labute approximate surface area is 127 Å². The minimum absolute atomic E-state index is 0.185. The standard InChI is InChI=1S/C15H16ClN3O2/c1-19-9-12(16)8-13(19)15(21)18-6-5-10-3-2-4-11(7-10)14(17)20/h2-4,7-9H,5-6H2,1H3,(H2,17,20)(H,18,21). The van der Waals surface area contributed by atoms with Gasteiger partial charge in [-0.1, -0.05) is 23.7 Å². The number of hydrogen-bond acceptors (Lipinski definition) is 2. The maximum atomic E-state index is 12.0. The van der Waals surface area contributed by atoms with E-state index in [-0.39, 0.29) is 5.91 Å². The van der Waals surface area contributed by atoms with Gasteiger partial charge in [0, 0.05) is 25.4 Å². The van der Waals surface area contributed by atoms with Crippen molar-refractivity contribution in [2.45, 2.75) is 6.42 Å². The molecular formula is C15H16ClN3O2. The molecule has 0 radical (unpaired) electrons. The second-order valence-corrected chi connectivity index (χ2v) is 5.16. The fourth-order valence-electron chi connectivity index (χ4n) is 2.04. The highest BCUT2D eigenvalue weighted by Crippen LogP contribution is 2.12. The Morgan fingerprint density at radius 3 is 2.71 bits per heavy atom. The number of benzene rings is 1. The number of carbonyl (C=O) groups excluding carboxylic acids is 2. The van der Waals surface area contributed by atoms with Gasteiger partial charge in [-0.2, -0.15) is 0 Å². The lowest BCUT2D eigenvalue weighted by molar-refractivity contribution is 0.0944. The largest absolute Gasteiger partial charge is 0.366 e. The van der Waals surface area contributed by atoms with Gasteiger partial charge in [-0.3, -0.25) is 9.59 Å². The maximum Gasteiger partial charge on any atom is 0.267 e. The zero-order chi connectivity index (χ0) is 15.4. The van der Waals surface area contributed by atoms with Crippen molar-refractivity contribution in [3.8, 4) is 0 Å². The molecule has 21 heavy (non-hydrogen) atoms. The topological polar surface area (TPSA) is 77.1 Å². The van der Waals surface area contributed by atoms with E-state index in [1.807, 2.05) is 6.07 Å². The molecule has 0 atom stereocenters. The van der Waals surface area contributed by atoms with Crippen molar-refractivity contribution in [2.24, 2.45) is 12.8 Å². The van der Waals surface area contributed by atoms with Crippen molar-refractivity contribution in [1.82, 2.24) is 9.88 Å². The molecule has 3 N–H and O–H groups in total. The summed E-state index contributed by atoms with van der Waals surface area (Å²) in [6.07, 6.45) is 2.29. The van der Waals surface area contributed by atoms with Gasteiger partial charge in [0.2, 0.25) is 5.91 Å². The van der Waals surface area contributed by atoms with Crippen molar-refractivity contribution in [2.75, 3.05) is 6.54 Å². The van der Waals surface area contributed by atoms with Crippen molar-refractivity contribution in [3.63, 3.8) is 0 Å². The Balaban J connectivity index is 1.92.